The average molecular weight is 417 g/mol. The predicted molar refractivity (Wildman–Crippen MR) is 109 cm³/mol. The van der Waals surface area contributed by atoms with E-state index in [-0.39, 0.29) is 0 Å². The van der Waals surface area contributed by atoms with Crippen LogP contribution in [0.3, 0.4) is 0 Å². The molecule has 2 aromatic heterocycles. The Bertz CT molecular complexity index is 931. The molecule has 0 saturated heterocycles. The van der Waals surface area contributed by atoms with Gasteiger partial charge in [-0.1, -0.05) is 35.3 Å². The Labute approximate surface area is 173 Å². The van der Waals surface area contributed by atoms with E-state index in [2.05, 4.69) is 9.97 Å². The van der Waals surface area contributed by atoms with Crippen LogP contribution in [0.5, 0.6) is 11.5 Å². The van der Waals surface area contributed by atoms with Crippen molar-refractivity contribution in [1.29, 1.82) is 0 Å². The Hall–Kier alpha value is -2.63. The third kappa shape index (κ3) is 4.61. The molecule has 0 amide bonds. The van der Waals surface area contributed by atoms with Gasteiger partial charge in [-0.3, -0.25) is 9.97 Å². The van der Waals surface area contributed by atoms with Crippen molar-refractivity contribution in [2.45, 2.75) is 12.3 Å². The molecule has 1 aromatic carbocycles. The minimum absolute atomic E-state index is 0.333. The predicted octanol–water partition coefficient (Wildman–Crippen LogP) is 4.74. The SMILES string of the molecule is COc1ccc(C(C=O)c2c(Cl)cncc2Cl)cc1OCCc1cccnc1. The molecule has 1 unspecified atom stereocenters. The van der Waals surface area contributed by atoms with E-state index in [9.17, 15) is 4.79 Å². The molecular weight excluding hydrogens is 399 g/mol. The van der Waals surface area contributed by atoms with Gasteiger partial charge in [-0.05, 0) is 29.3 Å². The van der Waals surface area contributed by atoms with Gasteiger partial charge >= 0.3 is 0 Å². The van der Waals surface area contributed by atoms with Crippen molar-refractivity contribution in [1.82, 2.24) is 9.97 Å². The standard InChI is InChI=1S/C21H18Cl2N2O3/c1-27-19-5-4-15(16(13-26)21-17(22)11-25-12-18(21)23)9-20(19)28-8-6-14-3-2-7-24-10-14/h2-5,7,9-13,16H,6,8H2,1H3. The van der Waals surface area contributed by atoms with Gasteiger partial charge in [0.15, 0.2) is 11.5 Å². The fourth-order valence-corrected chi connectivity index (χ4v) is 3.46. The summed E-state index contributed by atoms with van der Waals surface area (Å²) in [6.07, 6.45) is 7.95. The number of methoxy groups -OCH3 is 1. The van der Waals surface area contributed by atoms with Crippen LogP contribution in [0.15, 0.2) is 55.1 Å². The second-order valence-corrected chi connectivity index (χ2v) is 6.82. The molecule has 2 heterocycles. The van der Waals surface area contributed by atoms with Gasteiger partial charge in [0.25, 0.3) is 0 Å². The van der Waals surface area contributed by atoms with Crippen molar-refractivity contribution in [2.24, 2.45) is 0 Å². The van der Waals surface area contributed by atoms with Gasteiger partial charge in [-0.15, -0.1) is 0 Å². The number of benzene rings is 1. The number of carbonyl (C=O) groups excluding carboxylic acids is 1. The monoisotopic (exact) mass is 416 g/mol. The molecule has 5 nitrogen and oxygen atoms in total. The van der Waals surface area contributed by atoms with Gasteiger partial charge in [0.2, 0.25) is 0 Å². The summed E-state index contributed by atoms with van der Waals surface area (Å²) in [5, 5.41) is 0.666. The molecule has 0 aliphatic carbocycles. The highest BCUT2D eigenvalue weighted by atomic mass is 35.5. The van der Waals surface area contributed by atoms with Crippen molar-refractivity contribution in [3.05, 3.63) is 81.9 Å². The van der Waals surface area contributed by atoms with E-state index in [1.807, 2.05) is 12.1 Å². The highest BCUT2D eigenvalue weighted by Gasteiger charge is 2.21. The second kappa shape index (κ2) is 9.53. The summed E-state index contributed by atoms with van der Waals surface area (Å²) in [4.78, 5) is 19.9. The fraction of sp³-hybridized carbons (Fsp3) is 0.190. The molecule has 1 atom stereocenters. The van der Waals surface area contributed by atoms with Crippen molar-refractivity contribution >= 4 is 29.5 Å². The fourth-order valence-electron chi connectivity index (χ4n) is 2.86. The molecule has 0 aliphatic rings. The Morgan fingerprint density at radius 1 is 1.07 bits per heavy atom. The van der Waals surface area contributed by atoms with E-state index in [1.165, 1.54) is 12.4 Å². The lowest BCUT2D eigenvalue weighted by molar-refractivity contribution is -0.108. The third-order valence-electron chi connectivity index (χ3n) is 4.26. The van der Waals surface area contributed by atoms with Crippen LogP contribution in [0.25, 0.3) is 0 Å². The molecule has 0 radical (unpaired) electrons. The summed E-state index contributed by atoms with van der Waals surface area (Å²) in [6.45, 7) is 0.439. The van der Waals surface area contributed by atoms with Gasteiger partial charge in [0.1, 0.15) is 6.29 Å². The zero-order valence-corrected chi connectivity index (χ0v) is 16.7. The van der Waals surface area contributed by atoms with Crippen LogP contribution in [-0.4, -0.2) is 30.0 Å². The van der Waals surface area contributed by atoms with Crippen molar-refractivity contribution in [3.63, 3.8) is 0 Å². The van der Waals surface area contributed by atoms with Crippen LogP contribution in [0.4, 0.5) is 0 Å². The van der Waals surface area contributed by atoms with Crippen molar-refractivity contribution in [2.75, 3.05) is 13.7 Å². The normalized spacial score (nSPS) is 11.7. The van der Waals surface area contributed by atoms with E-state index >= 15 is 0 Å². The van der Waals surface area contributed by atoms with Crippen LogP contribution in [0.2, 0.25) is 10.0 Å². The smallest absolute Gasteiger partial charge is 0.161 e. The van der Waals surface area contributed by atoms with Crippen LogP contribution < -0.4 is 9.47 Å². The first kappa shape index (κ1) is 20.1. The molecular formula is C21H18Cl2N2O3. The lowest BCUT2D eigenvalue weighted by Crippen LogP contribution is -2.07. The molecule has 28 heavy (non-hydrogen) atoms. The van der Waals surface area contributed by atoms with E-state index in [0.29, 0.717) is 45.7 Å². The first-order valence-electron chi connectivity index (χ1n) is 8.58. The highest BCUT2D eigenvalue weighted by Crippen LogP contribution is 2.37. The number of hydrogen-bond donors (Lipinski definition) is 0. The van der Waals surface area contributed by atoms with E-state index < -0.39 is 5.92 Å². The summed E-state index contributed by atoms with van der Waals surface area (Å²) in [5.74, 6) is 0.470. The molecule has 0 saturated carbocycles. The highest BCUT2D eigenvalue weighted by molar-refractivity contribution is 6.36. The van der Waals surface area contributed by atoms with E-state index in [0.717, 1.165) is 11.8 Å². The number of ether oxygens (including phenoxy) is 2. The minimum Gasteiger partial charge on any atom is -0.493 e. The third-order valence-corrected chi connectivity index (χ3v) is 4.86. The maximum Gasteiger partial charge on any atom is 0.161 e. The van der Waals surface area contributed by atoms with Crippen LogP contribution in [0.1, 0.15) is 22.6 Å². The Balaban J connectivity index is 1.86. The maximum absolute atomic E-state index is 11.9. The van der Waals surface area contributed by atoms with Gasteiger partial charge < -0.3 is 14.3 Å². The first-order valence-corrected chi connectivity index (χ1v) is 9.33. The first-order chi connectivity index (χ1) is 13.6. The Morgan fingerprint density at radius 3 is 2.50 bits per heavy atom. The number of aromatic nitrogens is 2. The summed E-state index contributed by atoms with van der Waals surface area (Å²) in [6, 6.07) is 9.19. The molecule has 7 heteroatoms. The number of aldehydes is 1. The molecule has 0 bridgehead atoms. The summed E-state index contributed by atoms with van der Waals surface area (Å²) in [7, 11) is 1.57. The van der Waals surface area contributed by atoms with Gasteiger partial charge in [0.05, 0.1) is 29.7 Å². The number of carbonyl (C=O) groups is 1. The van der Waals surface area contributed by atoms with Crippen molar-refractivity contribution < 1.29 is 14.3 Å². The Kier molecular flexibility index (Phi) is 6.85. The summed E-state index contributed by atoms with van der Waals surface area (Å²) in [5.41, 5.74) is 2.28. The molecule has 0 aliphatic heterocycles. The van der Waals surface area contributed by atoms with Crippen LogP contribution in [0, 0.1) is 0 Å². The number of rotatable bonds is 8. The molecule has 3 rings (SSSR count). The minimum atomic E-state index is -0.644. The van der Waals surface area contributed by atoms with E-state index in [1.54, 1.807) is 37.7 Å². The summed E-state index contributed by atoms with van der Waals surface area (Å²) >= 11 is 12.5. The van der Waals surface area contributed by atoms with E-state index in [4.69, 9.17) is 32.7 Å². The van der Waals surface area contributed by atoms with Gasteiger partial charge in [-0.2, -0.15) is 0 Å². The van der Waals surface area contributed by atoms with Crippen LogP contribution >= 0.6 is 23.2 Å². The molecule has 144 valence electrons. The largest absolute Gasteiger partial charge is 0.493 e. The van der Waals surface area contributed by atoms with Crippen LogP contribution in [-0.2, 0) is 11.2 Å². The molecule has 0 fully saturated rings. The summed E-state index contributed by atoms with van der Waals surface area (Å²) < 4.78 is 11.3. The zero-order chi connectivity index (χ0) is 19.9. The molecule has 0 spiro atoms. The van der Waals surface area contributed by atoms with Gasteiger partial charge in [0, 0.05) is 36.8 Å². The average Bonchev–Trinajstić information content (AvgIpc) is 2.71. The second-order valence-electron chi connectivity index (χ2n) is 6.00. The number of pyridine rings is 2. The molecule has 3 aromatic rings. The van der Waals surface area contributed by atoms with Crippen molar-refractivity contribution in [3.8, 4) is 11.5 Å². The Morgan fingerprint density at radius 2 is 1.86 bits per heavy atom. The number of hydrogen-bond acceptors (Lipinski definition) is 5. The molecule has 0 N–H and O–H groups in total. The quantitative estimate of drug-likeness (QED) is 0.496. The lowest BCUT2D eigenvalue weighted by atomic mass is 9.93. The zero-order valence-electron chi connectivity index (χ0n) is 15.1. The lowest BCUT2D eigenvalue weighted by Gasteiger charge is -2.17. The topological polar surface area (TPSA) is 61.3 Å². The number of halogens is 2. The van der Waals surface area contributed by atoms with Gasteiger partial charge in [-0.25, -0.2) is 0 Å². The number of nitrogens with zero attached hydrogens (tertiary/aromatic N) is 2. The maximum atomic E-state index is 11.9.